The Labute approximate surface area is 110 Å². The van der Waals surface area contributed by atoms with Gasteiger partial charge in [-0.15, -0.1) is 0 Å². The van der Waals surface area contributed by atoms with Crippen molar-refractivity contribution in [1.29, 1.82) is 0 Å². The van der Waals surface area contributed by atoms with E-state index in [2.05, 4.69) is 23.5 Å². The van der Waals surface area contributed by atoms with Crippen LogP contribution in [0.15, 0.2) is 6.20 Å². The third-order valence-corrected chi connectivity index (χ3v) is 3.93. The Morgan fingerprint density at radius 2 is 2.17 bits per heavy atom. The molecule has 4 heteroatoms. The third kappa shape index (κ3) is 3.12. The molecule has 1 aromatic heterocycles. The summed E-state index contributed by atoms with van der Waals surface area (Å²) in [4.78, 5) is 0. The number of hydrogen-bond donors (Lipinski definition) is 2. The highest BCUT2D eigenvalue weighted by Crippen LogP contribution is 2.22. The average Bonchev–Trinajstić information content (AvgIpc) is 2.78. The SMILES string of the molecule is CCc1nn(C)cc1C(CN)NC1CCCCC1. The molecule has 0 aromatic carbocycles. The summed E-state index contributed by atoms with van der Waals surface area (Å²) in [5.41, 5.74) is 8.42. The number of hydrogen-bond acceptors (Lipinski definition) is 3. The summed E-state index contributed by atoms with van der Waals surface area (Å²) >= 11 is 0. The molecule has 0 saturated heterocycles. The molecule has 0 aliphatic heterocycles. The second-order valence-electron chi connectivity index (χ2n) is 5.35. The molecule has 1 heterocycles. The normalized spacial score (nSPS) is 19.1. The van der Waals surface area contributed by atoms with E-state index >= 15 is 0 Å². The minimum Gasteiger partial charge on any atom is -0.329 e. The molecule has 3 N–H and O–H groups in total. The van der Waals surface area contributed by atoms with Gasteiger partial charge in [0, 0.05) is 37.4 Å². The monoisotopic (exact) mass is 250 g/mol. The zero-order valence-electron chi connectivity index (χ0n) is 11.7. The molecule has 0 amide bonds. The van der Waals surface area contributed by atoms with Gasteiger partial charge in [-0.3, -0.25) is 4.68 Å². The number of aryl methyl sites for hydroxylation is 2. The van der Waals surface area contributed by atoms with Gasteiger partial charge in [0.25, 0.3) is 0 Å². The minimum absolute atomic E-state index is 0.261. The van der Waals surface area contributed by atoms with Gasteiger partial charge in [0.05, 0.1) is 5.69 Å². The van der Waals surface area contributed by atoms with Crippen molar-refractivity contribution in [3.8, 4) is 0 Å². The van der Waals surface area contributed by atoms with Crippen LogP contribution in [-0.4, -0.2) is 22.4 Å². The molecule has 0 spiro atoms. The predicted molar refractivity (Wildman–Crippen MR) is 74.4 cm³/mol. The summed E-state index contributed by atoms with van der Waals surface area (Å²) in [5.74, 6) is 0. The van der Waals surface area contributed by atoms with E-state index in [9.17, 15) is 0 Å². The summed E-state index contributed by atoms with van der Waals surface area (Å²) in [6, 6.07) is 0.897. The van der Waals surface area contributed by atoms with Gasteiger partial charge in [-0.2, -0.15) is 5.10 Å². The van der Waals surface area contributed by atoms with E-state index in [1.54, 1.807) is 0 Å². The van der Waals surface area contributed by atoms with E-state index in [0.717, 1.165) is 6.42 Å². The molecule has 1 atom stereocenters. The predicted octanol–water partition coefficient (Wildman–Crippen LogP) is 1.90. The Morgan fingerprint density at radius 3 is 2.78 bits per heavy atom. The standard InChI is InChI=1S/C14H26N4/c1-3-13-12(10-18(2)17-13)14(9-15)16-11-7-5-4-6-8-11/h10-11,14,16H,3-9,15H2,1-2H3. The van der Waals surface area contributed by atoms with E-state index < -0.39 is 0 Å². The second-order valence-corrected chi connectivity index (χ2v) is 5.35. The maximum absolute atomic E-state index is 5.96. The fourth-order valence-electron chi connectivity index (χ4n) is 2.96. The largest absolute Gasteiger partial charge is 0.329 e. The minimum atomic E-state index is 0.261. The van der Waals surface area contributed by atoms with Crippen LogP contribution in [0.5, 0.6) is 0 Å². The van der Waals surface area contributed by atoms with E-state index in [4.69, 9.17) is 5.73 Å². The van der Waals surface area contributed by atoms with Gasteiger partial charge in [-0.25, -0.2) is 0 Å². The number of aromatic nitrogens is 2. The van der Waals surface area contributed by atoms with Crippen LogP contribution >= 0.6 is 0 Å². The van der Waals surface area contributed by atoms with E-state index in [1.807, 2.05) is 11.7 Å². The van der Waals surface area contributed by atoms with Crippen LogP contribution in [0.25, 0.3) is 0 Å². The first-order valence-electron chi connectivity index (χ1n) is 7.23. The van der Waals surface area contributed by atoms with Crippen LogP contribution in [0.4, 0.5) is 0 Å². The maximum atomic E-state index is 5.96. The molecule has 1 aromatic rings. The highest BCUT2D eigenvalue weighted by atomic mass is 15.3. The summed E-state index contributed by atoms with van der Waals surface area (Å²) < 4.78 is 1.90. The van der Waals surface area contributed by atoms with Gasteiger partial charge >= 0.3 is 0 Å². The second kappa shape index (κ2) is 6.34. The highest BCUT2D eigenvalue weighted by molar-refractivity contribution is 5.22. The summed E-state index contributed by atoms with van der Waals surface area (Å²) in [5, 5.41) is 8.24. The number of nitrogens with zero attached hydrogens (tertiary/aromatic N) is 2. The van der Waals surface area contributed by atoms with Crippen molar-refractivity contribution in [2.75, 3.05) is 6.54 Å². The van der Waals surface area contributed by atoms with E-state index in [-0.39, 0.29) is 6.04 Å². The van der Waals surface area contributed by atoms with Gasteiger partial charge in [0.1, 0.15) is 0 Å². The molecule has 2 rings (SSSR count). The lowest BCUT2D eigenvalue weighted by Crippen LogP contribution is -2.38. The first-order chi connectivity index (χ1) is 8.74. The van der Waals surface area contributed by atoms with Crippen molar-refractivity contribution in [3.05, 3.63) is 17.5 Å². The zero-order valence-corrected chi connectivity index (χ0v) is 11.7. The molecule has 1 aliphatic carbocycles. The summed E-state index contributed by atoms with van der Waals surface area (Å²) in [7, 11) is 1.98. The molecule has 4 nitrogen and oxygen atoms in total. The lowest BCUT2D eigenvalue weighted by molar-refractivity contribution is 0.340. The molecular formula is C14H26N4. The quantitative estimate of drug-likeness (QED) is 0.839. The fraction of sp³-hybridized carbons (Fsp3) is 0.786. The van der Waals surface area contributed by atoms with E-state index in [1.165, 1.54) is 43.4 Å². The van der Waals surface area contributed by atoms with Gasteiger partial charge in [0.15, 0.2) is 0 Å². The molecule has 1 saturated carbocycles. The topological polar surface area (TPSA) is 55.9 Å². The fourth-order valence-corrected chi connectivity index (χ4v) is 2.96. The summed E-state index contributed by atoms with van der Waals surface area (Å²) in [6.45, 7) is 2.80. The van der Waals surface area contributed by atoms with Crippen LogP contribution in [0.2, 0.25) is 0 Å². The molecule has 1 aliphatic rings. The highest BCUT2D eigenvalue weighted by Gasteiger charge is 2.21. The van der Waals surface area contributed by atoms with Crippen molar-refractivity contribution >= 4 is 0 Å². The Balaban J connectivity index is 2.06. The molecular weight excluding hydrogens is 224 g/mol. The Kier molecular flexibility index (Phi) is 4.78. The first kappa shape index (κ1) is 13.6. The molecule has 18 heavy (non-hydrogen) atoms. The zero-order chi connectivity index (χ0) is 13.0. The molecule has 0 radical (unpaired) electrons. The average molecular weight is 250 g/mol. The number of rotatable bonds is 5. The van der Waals surface area contributed by atoms with Gasteiger partial charge < -0.3 is 11.1 Å². The number of nitrogens with one attached hydrogen (secondary N) is 1. The van der Waals surface area contributed by atoms with Crippen molar-refractivity contribution in [2.24, 2.45) is 12.8 Å². The van der Waals surface area contributed by atoms with Crippen molar-refractivity contribution in [2.45, 2.75) is 57.5 Å². The first-order valence-corrected chi connectivity index (χ1v) is 7.23. The van der Waals surface area contributed by atoms with Crippen molar-refractivity contribution < 1.29 is 0 Å². The Morgan fingerprint density at radius 1 is 1.44 bits per heavy atom. The van der Waals surface area contributed by atoms with Crippen LogP contribution in [0.1, 0.15) is 56.3 Å². The van der Waals surface area contributed by atoms with Gasteiger partial charge in [-0.1, -0.05) is 26.2 Å². The Bertz CT molecular complexity index is 366. The van der Waals surface area contributed by atoms with Crippen LogP contribution in [0, 0.1) is 0 Å². The van der Waals surface area contributed by atoms with Gasteiger partial charge in [0.2, 0.25) is 0 Å². The van der Waals surface area contributed by atoms with Crippen LogP contribution in [-0.2, 0) is 13.5 Å². The van der Waals surface area contributed by atoms with Crippen LogP contribution in [0.3, 0.4) is 0 Å². The Hall–Kier alpha value is -0.870. The van der Waals surface area contributed by atoms with Crippen LogP contribution < -0.4 is 11.1 Å². The van der Waals surface area contributed by atoms with Gasteiger partial charge in [-0.05, 0) is 19.3 Å². The third-order valence-electron chi connectivity index (χ3n) is 3.93. The molecule has 1 fully saturated rings. The molecule has 1 unspecified atom stereocenters. The molecule has 0 bridgehead atoms. The molecule has 102 valence electrons. The van der Waals surface area contributed by atoms with E-state index in [0.29, 0.717) is 12.6 Å². The lowest BCUT2D eigenvalue weighted by atomic mass is 9.94. The summed E-state index contributed by atoms with van der Waals surface area (Å²) in [6.07, 6.45) is 9.76. The van der Waals surface area contributed by atoms with Crippen molar-refractivity contribution in [1.82, 2.24) is 15.1 Å². The smallest absolute Gasteiger partial charge is 0.0670 e. The number of nitrogens with two attached hydrogens (primary N) is 1. The van der Waals surface area contributed by atoms with Crippen molar-refractivity contribution in [3.63, 3.8) is 0 Å². The lowest BCUT2D eigenvalue weighted by Gasteiger charge is -2.28. The maximum Gasteiger partial charge on any atom is 0.0670 e.